The Morgan fingerprint density at radius 2 is 1.95 bits per heavy atom. The van der Waals surface area contributed by atoms with Crippen LogP contribution in [0.4, 0.5) is 5.69 Å². The first kappa shape index (κ1) is 16.3. The summed E-state index contributed by atoms with van der Waals surface area (Å²) >= 11 is 1.75. The minimum atomic E-state index is -3.41. The van der Waals surface area contributed by atoms with Crippen LogP contribution in [0.1, 0.15) is 13.3 Å². The smallest absolute Gasteiger partial charge is 0.244 e. The van der Waals surface area contributed by atoms with Crippen molar-refractivity contribution in [2.75, 3.05) is 31.4 Å². The topological polar surface area (TPSA) is 49.4 Å². The van der Waals surface area contributed by atoms with Gasteiger partial charge in [-0.05, 0) is 24.8 Å². The Kier molecular flexibility index (Phi) is 6.16. The predicted octanol–water partition coefficient (Wildman–Crippen LogP) is 2.49. The van der Waals surface area contributed by atoms with Crippen LogP contribution in [-0.4, -0.2) is 44.9 Å². The number of benzene rings is 1. The average Bonchev–Trinajstić information content (AvgIpc) is 2.38. The maximum atomic E-state index is 12.3. The zero-order valence-corrected chi connectivity index (χ0v) is 13.5. The zero-order valence-electron chi connectivity index (χ0n) is 11.9. The number of anilines is 1. The largest absolute Gasteiger partial charge is 0.380 e. The first-order chi connectivity index (χ1) is 8.93. The molecule has 6 heteroatoms. The Labute approximate surface area is 120 Å². The van der Waals surface area contributed by atoms with Crippen molar-refractivity contribution in [3.05, 3.63) is 24.3 Å². The van der Waals surface area contributed by atoms with E-state index < -0.39 is 10.0 Å². The number of hydrogen-bond donors (Lipinski definition) is 1. The van der Waals surface area contributed by atoms with Crippen molar-refractivity contribution in [2.24, 2.45) is 0 Å². The van der Waals surface area contributed by atoms with Crippen molar-refractivity contribution in [2.45, 2.75) is 24.3 Å². The zero-order chi connectivity index (χ0) is 14.5. The van der Waals surface area contributed by atoms with Gasteiger partial charge in [0, 0.05) is 25.9 Å². The quantitative estimate of drug-likeness (QED) is 0.841. The summed E-state index contributed by atoms with van der Waals surface area (Å²) in [5.74, 6) is 0.951. The molecular weight excluding hydrogens is 280 g/mol. The van der Waals surface area contributed by atoms with Gasteiger partial charge in [-0.3, -0.25) is 0 Å². The number of nitrogens with one attached hydrogen (secondary N) is 1. The van der Waals surface area contributed by atoms with E-state index in [9.17, 15) is 8.42 Å². The van der Waals surface area contributed by atoms with Crippen LogP contribution < -0.4 is 5.32 Å². The lowest BCUT2D eigenvalue weighted by atomic mass is 10.2. The fraction of sp³-hybridized carbons (Fsp3) is 0.538. The van der Waals surface area contributed by atoms with Crippen LogP contribution in [0, 0.1) is 0 Å². The van der Waals surface area contributed by atoms with Gasteiger partial charge in [0.05, 0.1) is 5.69 Å². The summed E-state index contributed by atoms with van der Waals surface area (Å²) in [7, 11) is -0.318. The number of thioether (sulfide) groups is 1. The van der Waals surface area contributed by atoms with Gasteiger partial charge in [0.2, 0.25) is 10.0 Å². The fourth-order valence-electron chi connectivity index (χ4n) is 1.69. The van der Waals surface area contributed by atoms with Gasteiger partial charge in [0.25, 0.3) is 0 Å². The SMILES string of the molecule is CCC(CSC)Nc1ccccc1S(=O)(=O)N(C)C. The Morgan fingerprint density at radius 3 is 2.47 bits per heavy atom. The predicted molar refractivity (Wildman–Crippen MR) is 83.4 cm³/mol. The molecule has 0 aliphatic heterocycles. The summed E-state index contributed by atoms with van der Waals surface area (Å²) in [6.07, 6.45) is 3.00. The van der Waals surface area contributed by atoms with E-state index >= 15 is 0 Å². The second kappa shape index (κ2) is 7.17. The van der Waals surface area contributed by atoms with Crippen molar-refractivity contribution in [1.29, 1.82) is 0 Å². The van der Waals surface area contributed by atoms with Crippen LogP contribution in [0.5, 0.6) is 0 Å². The molecular formula is C13H22N2O2S2. The van der Waals surface area contributed by atoms with Gasteiger partial charge in [0.1, 0.15) is 4.90 Å². The van der Waals surface area contributed by atoms with Crippen LogP contribution in [0.3, 0.4) is 0 Å². The number of rotatable bonds is 7. The molecule has 4 nitrogen and oxygen atoms in total. The monoisotopic (exact) mass is 302 g/mol. The summed E-state index contributed by atoms with van der Waals surface area (Å²) < 4.78 is 25.8. The van der Waals surface area contributed by atoms with E-state index in [-0.39, 0.29) is 6.04 Å². The molecule has 0 radical (unpaired) electrons. The lowest BCUT2D eigenvalue weighted by Crippen LogP contribution is -2.26. The van der Waals surface area contributed by atoms with E-state index in [1.165, 1.54) is 4.31 Å². The lowest BCUT2D eigenvalue weighted by Gasteiger charge is -2.21. The summed E-state index contributed by atoms with van der Waals surface area (Å²) in [5, 5.41) is 3.33. The van der Waals surface area contributed by atoms with Gasteiger partial charge in [-0.15, -0.1) is 0 Å². The summed E-state index contributed by atoms with van der Waals surface area (Å²) in [5.41, 5.74) is 0.678. The van der Waals surface area contributed by atoms with E-state index in [4.69, 9.17) is 0 Å². The Bertz CT molecular complexity index is 501. The van der Waals surface area contributed by atoms with Gasteiger partial charge in [-0.2, -0.15) is 11.8 Å². The van der Waals surface area contributed by atoms with Crippen LogP contribution in [-0.2, 0) is 10.0 Å². The summed E-state index contributed by atoms with van der Waals surface area (Å²) in [4.78, 5) is 0.333. The fourth-order valence-corrected chi connectivity index (χ4v) is 3.46. The average molecular weight is 302 g/mol. The maximum absolute atomic E-state index is 12.3. The highest BCUT2D eigenvalue weighted by Crippen LogP contribution is 2.24. The van der Waals surface area contributed by atoms with Crippen LogP contribution in [0.15, 0.2) is 29.2 Å². The molecule has 1 rings (SSSR count). The van der Waals surface area contributed by atoms with Crippen LogP contribution in [0.25, 0.3) is 0 Å². The van der Waals surface area contributed by atoms with E-state index in [1.807, 2.05) is 18.4 Å². The molecule has 19 heavy (non-hydrogen) atoms. The minimum Gasteiger partial charge on any atom is -0.380 e. The van der Waals surface area contributed by atoms with E-state index in [2.05, 4.69) is 12.2 Å². The molecule has 1 aromatic rings. The lowest BCUT2D eigenvalue weighted by molar-refractivity contribution is 0.521. The Morgan fingerprint density at radius 1 is 1.32 bits per heavy atom. The molecule has 0 aliphatic rings. The number of para-hydroxylation sites is 1. The first-order valence-corrected chi connectivity index (χ1v) is 9.03. The summed E-state index contributed by atoms with van der Waals surface area (Å²) in [6.45, 7) is 2.09. The molecule has 0 aliphatic carbocycles. The minimum absolute atomic E-state index is 0.272. The molecule has 0 saturated heterocycles. The van der Waals surface area contributed by atoms with Gasteiger partial charge in [-0.1, -0.05) is 19.1 Å². The molecule has 1 N–H and O–H groups in total. The van der Waals surface area contributed by atoms with Gasteiger partial charge < -0.3 is 5.32 Å². The van der Waals surface area contributed by atoms with E-state index in [1.54, 1.807) is 38.0 Å². The van der Waals surface area contributed by atoms with Gasteiger partial charge >= 0.3 is 0 Å². The third-order valence-corrected chi connectivity index (χ3v) is 5.47. The molecule has 0 fully saturated rings. The molecule has 0 bridgehead atoms. The van der Waals surface area contributed by atoms with E-state index in [0.29, 0.717) is 10.6 Å². The molecule has 0 heterocycles. The van der Waals surface area contributed by atoms with Crippen molar-refractivity contribution >= 4 is 27.5 Å². The molecule has 0 amide bonds. The van der Waals surface area contributed by atoms with Crippen molar-refractivity contribution in [1.82, 2.24) is 4.31 Å². The molecule has 1 atom stereocenters. The highest BCUT2D eigenvalue weighted by atomic mass is 32.2. The van der Waals surface area contributed by atoms with Crippen LogP contribution in [0.2, 0.25) is 0 Å². The standard InChI is InChI=1S/C13H22N2O2S2/c1-5-11(10-18-4)14-12-8-6-7-9-13(12)19(16,17)15(2)3/h6-9,11,14H,5,10H2,1-4H3. The molecule has 108 valence electrons. The highest BCUT2D eigenvalue weighted by molar-refractivity contribution is 7.98. The molecule has 1 unspecified atom stereocenters. The van der Waals surface area contributed by atoms with E-state index in [0.717, 1.165) is 12.2 Å². The second-order valence-corrected chi connectivity index (χ2v) is 7.52. The normalized spacial score (nSPS) is 13.5. The Balaban J connectivity index is 3.09. The third-order valence-electron chi connectivity index (χ3n) is 2.87. The highest BCUT2D eigenvalue weighted by Gasteiger charge is 2.21. The molecule has 0 spiro atoms. The Hall–Kier alpha value is -0.720. The number of sulfonamides is 1. The van der Waals surface area contributed by atoms with Crippen LogP contribution >= 0.6 is 11.8 Å². The number of hydrogen-bond acceptors (Lipinski definition) is 4. The first-order valence-electron chi connectivity index (χ1n) is 6.20. The molecule has 0 saturated carbocycles. The third kappa shape index (κ3) is 4.12. The van der Waals surface area contributed by atoms with Crippen molar-refractivity contribution < 1.29 is 8.42 Å². The summed E-state index contributed by atoms with van der Waals surface area (Å²) in [6, 6.07) is 7.33. The molecule has 1 aromatic carbocycles. The number of nitrogens with zero attached hydrogens (tertiary/aromatic N) is 1. The molecule has 0 aromatic heterocycles. The van der Waals surface area contributed by atoms with Crippen molar-refractivity contribution in [3.8, 4) is 0 Å². The van der Waals surface area contributed by atoms with Crippen molar-refractivity contribution in [3.63, 3.8) is 0 Å². The van der Waals surface area contributed by atoms with Gasteiger partial charge in [-0.25, -0.2) is 12.7 Å². The maximum Gasteiger partial charge on any atom is 0.244 e. The second-order valence-electron chi connectivity index (χ2n) is 4.49. The van der Waals surface area contributed by atoms with Gasteiger partial charge in [0.15, 0.2) is 0 Å².